The lowest BCUT2D eigenvalue weighted by atomic mass is 9.84. The quantitative estimate of drug-likeness (QED) is 0.470. The Hall–Kier alpha value is -4.00. The molecule has 33 heavy (non-hydrogen) atoms. The highest BCUT2D eigenvalue weighted by Gasteiger charge is 2.33. The smallest absolute Gasteiger partial charge is 0.243 e. The lowest BCUT2D eigenvalue weighted by molar-refractivity contribution is -0.131. The third-order valence-corrected chi connectivity index (χ3v) is 5.33. The van der Waals surface area contributed by atoms with Gasteiger partial charge in [-0.15, -0.1) is 0 Å². The molecule has 0 aliphatic heterocycles. The van der Waals surface area contributed by atoms with Crippen molar-refractivity contribution in [2.75, 3.05) is 0 Å². The van der Waals surface area contributed by atoms with Gasteiger partial charge in [0.1, 0.15) is 17.9 Å². The Kier molecular flexibility index (Phi) is 7.91. The van der Waals surface area contributed by atoms with E-state index < -0.39 is 41.5 Å². The average molecular weight is 448 g/mol. The molecule has 3 rings (SSSR count). The molecule has 0 bridgehead atoms. The second kappa shape index (κ2) is 11.0. The number of halogens is 1. The molecule has 3 amide bonds. The molecule has 3 aromatic rings. The van der Waals surface area contributed by atoms with Crippen molar-refractivity contribution in [3.05, 3.63) is 107 Å². The highest BCUT2D eigenvalue weighted by Crippen LogP contribution is 2.28. The Balaban J connectivity index is 1.93. The molecule has 7 heteroatoms. The summed E-state index contributed by atoms with van der Waals surface area (Å²) in [6.07, 6.45) is -0.0785. The van der Waals surface area contributed by atoms with E-state index in [4.69, 9.17) is 5.73 Å². The van der Waals surface area contributed by atoms with Crippen LogP contribution in [0, 0.1) is 5.82 Å². The standard InChI is InChI=1S/C26H26FN3O3/c1-17(31)29-22(16-20-14-8-9-15-21(20)27)26(33)30-24(25(28)32)23(18-10-4-2-5-11-18)19-12-6-3-7-13-19/h2-15,22-24H,16H2,1H3,(H2,28,32)(H,29,31)(H,30,33)/t22-,24-/m1/s1. The molecule has 0 heterocycles. The number of amides is 3. The number of hydrogen-bond donors (Lipinski definition) is 3. The average Bonchev–Trinajstić information content (AvgIpc) is 2.80. The van der Waals surface area contributed by atoms with Gasteiger partial charge in [0.05, 0.1) is 0 Å². The topological polar surface area (TPSA) is 101 Å². The predicted octanol–water partition coefficient (Wildman–Crippen LogP) is 2.68. The maximum atomic E-state index is 14.2. The van der Waals surface area contributed by atoms with Crippen molar-refractivity contribution in [2.24, 2.45) is 5.73 Å². The largest absolute Gasteiger partial charge is 0.368 e. The Morgan fingerprint density at radius 3 is 1.82 bits per heavy atom. The molecule has 0 unspecified atom stereocenters. The van der Waals surface area contributed by atoms with Crippen molar-refractivity contribution >= 4 is 17.7 Å². The summed E-state index contributed by atoms with van der Waals surface area (Å²) in [4.78, 5) is 37.5. The van der Waals surface area contributed by atoms with Gasteiger partial charge in [-0.2, -0.15) is 0 Å². The highest BCUT2D eigenvalue weighted by atomic mass is 19.1. The maximum Gasteiger partial charge on any atom is 0.243 e. The summed E-state index contributed by atoms with van der Waals surface area (Å²) in [6.45, 7) is 1.27. The minimum Gasteiger partial charge on any atom is -0.368 e. The third-order valence-electron chi connectivity index (χ3n) is 5.33. The SMILES string of the molecule is CC(=O)N[C@H](Cc1ccccc1F)C(=O)N[C@@H](C(N)=O)C(c1ccccc1)c1ccccc1. The zero-order valence-electron chi connectivity index (χ0n) is 18.2. The van der Waals surface area contributed by atoms with Crippen LogP contribution in [0.2, 0.25) is 0 Å². The molecule has 3 aromatic carbocycles. The molecular formula is C26H26FN3O3. The van der Waals surface area contributed by atoms with Crippen LogP contribution in [0.5, 0.6) is 0 Å². The van der Waals surface area contributed by atoms with Gasteiger partial charge in [0.15, 0.2) is 0 Å². The van der Waals surface area contributed by atoms with E-state index in [2.05, 4.69) is 10.6 Å². The van der Waals surface area contributed by atoms with Crippen LogP contribution in [0.15, 0.2) is 84.9 Å². The number of benzene rings is 3. The van der Waals surface area contributed by atoms with Gasteiger partial charge in [-0.25, -0.2) is 4.39 Å². The number of rotatable bonds is 9. The van der Waals surface area contributed by atoms with Gasteiger partial charge < -0.3 is 16.4 Å². The molecule has 0 aliphatic carbocycles. The molecule has 0 aromatic heterocycles. The molecular weight excluding hydrogens is 421 g/mol. The first kappa shape index (κ1) is 23.7. The normalized spacial score (nSPS) is 12.6. The summed E-state index contributed by atoms with van der Waals surface area (Å²) in [7, 11) is 0. The van der Waals surface area contributed by atoms with Gasteiger partial charge in [-0.05, 0) is 22.8 Å². The molecule has 0 saturated heterocycles. The zero-order chi connectivity index (χ0) is 23.8. The molecule has 0 radical (unpaired) electrons. The minimum atomic E-state index is -1.10. The van der Waals surface area contributed by atoms with Crippen molar-refractivity contribution in [1.29, 1.82) is 0 Å². The Morgan fingerprint density at radius 1 is 0.818 bits per heavy atom. The molecule has 0 spiro atoms. The fraction of sp³-hybridized carbons (Fsp3) is 0.192. The summed E-state index contributed by atoms with van der Waals surface area (Å²) >= 11 is 0. The summed E-state index contributed by atoms with van der Waals surface area (Å²) in [6, 6.07) is 22.3. The van der Waals surface area contributed by atoms with E-state index in [1.54, 1.807) is 18.2 Å². The van der Waals surface area contributed by atoms with E-state index in [1.807, 2.05) is 60.7 Å². The van der Waals surface area contributed by atoms with Crippen LogP contribution in [-0.2, 0) is 20.8 Å². The summed E-state index contributed by atoms with van der Waals surface area (Å²) in [5.74, 6) is -2.86. The Bertz CT molecular complexity index is 1070. The molecule has 2 atom stereocenters. The van der Waals surface area contributed by atoms with Gasteiger partial charge in [0, 0.05) is 19.3 Å². The molecule has 0 saturated carbocycles. The summed E-state index contributed by atoms with van der Waals surface area (Å²) in [5.41, 5.74) is 7.59. The summed E-state index contributed by atoms with van der Waals surface area (Å²) in [5, 5.41) is 5.26. The minimum absolute atomic E-state index is 0.0785. The first-order valence-corrected chi connectivity index (χ1v) is 10.6. The van der Waals surface area contributed by atoms with Crippen LogP contribution in [0.3, 0.4) is 0 Å². The van der Waals surface area contributed by atoms with Crippen molar-refractivity contribution in [1.82, 2.24) is 10.6 Å². The monoisotopic (exact) mass is 447 g/mol. The Morgan fingerprint density at radius 2 is 1.33 bits per heavy atom. The number of carbonyl (C=O) groups excluding carboxylic acids is 3. The van der Waals surface area contributed by atoms with Crippen LogP contribution >= 0.6 is 0 Å². The lowest BCUT2D eigenvalue weighted by Crippen LogP contribution is -2.55. The van der Waals surface area contributed by atoms with Gasteiger partial charge >= 0.3 is 0 Å². The van der Waals surface area contributed by atoms with Crippen LogP contribution in [0.4, 0.5) is 4.39 Å². The predicted molar refractivity (Wildman–Crippen MR) is 124 cm³/mol. The molecule has 6 nitrogen and oxygen atoms in total. The van der Waals surface area contributed by atoms with Crippen LogP contribution in [0.1, 0.15) is 29.5 Å². The molecule has 170 valence electrons. The number of nitrogens with one attached hydrogen (secondary N) is 2. The second-order valence-electron chi connectivity index (χ2n) is 7.74. The fourth-order valence-corrected chi connectivity index (χ4v) is 3.81. The fourth-order valence-electron chi connectivity index (χ4n) is 3.81. The van der Waals surface area contributed by atoms with E-state index in [0.29, 0.717) is 0 Å². The van der Waals surface area contributed by atoms with E-state index in [9.17, 15) is 18.8 Å². The third kappa shape index (κ3) is 6.26. The van der Waals surface area contributed by atoms with Crippen LogP contribution in [-0.4, -0.2) is 29.8 Å². The van der Waals surface area contributed by atoms with E-state index in [1.165, 1.54) is 13.0 Å². The second-order valence-corrected chi connectivity index (χ2v) is 7.74. The van der Waals surface area contributed by atoms with Crippen molar-refractivity contribution < 1.29 is 18.8 Å². The highest BCUT2D eigenvalue weighted by molar-refractivity contribution is 5.92. The number of primary amides is 1. The number of hydrogen-bond acceptors (Lipinski definition) is 3. The van der Waals surface area contributed by atoms with Crippen molar-refractivity contribution in [2.45, 2.75) is 31.3 Å². The first-order valence-electron chi connectivity index (χ1n) is 10.6. The van der Waals surface area contributed by atoms with Gasteiger partial charge in [0.25, 0.3) is 0 Å². The lowest BCUT2D eigenvalue weighted by Gasteiger charge is -2.28. The Labute approximate surface area is 192 Å². The first-order chi connectivity index (χ1) is 15.9. The maximum absolute atomic E-state index is 14.2. The molecule has 0 fully saturated rings. The molecule has 0 aliphatic rings. The number of carbonyl (C=O) groups is 3. The van der Waals surface area contributed by atoms with Crippen molar-refractivity contribution in [3.63, 3.8) is 0 Å². The van der Waals surface area contributed by atoms with Gasteiger partial charge in [0.2, 0.25) is 17.7 Å². The molecule has 4 N–H and O–H groups in total. The van der Waals surface area contributed by atoms with E-state index >= 15 is 0 Å². The van der Waals surface area contributed by atoms with E-state index in [-0.39, 0.29) is 12.0 Å². The zero-order valence-corrected chi connectivity index (χ0v) is 18.2. The van der Waals surface area contributed by atoms with Gasteiger partial charge in [-0.3, -0.25) is 14.4 Å². The van der Waals surface area contributed by atoms with Crippen LogP contribution < -0.4 is 16.4 Å². The van der Waals surface area contributed by atoms with Gasteiger partial charge in [-0.1, -0.05) is 78.9 Å². The number of nitrogens with two attached hydrogens (primary N) is 1. The van der Waals surface area contributed by atoms with Crippen molar-refractivity contribution in [3.8, 4) is 0 Å². The summed E-state index contributed by atoms with van der Waals surface area (Å²) < 4.78 is 14.2. The van der Waals surface area contributed by atoms with Crippen LogP contribution in [0.25, 0.3) is 0 Å². The van der Waals surface area contributed by atoms with E-state index in [0.717, 1.165) is 11.1 Å².